The zero-order valence-corrected chi connectivity index (χ0v) is 31.4. The van der Waals surface area contributed by atoms with Gasteiger partial charge >= 0.3 is 0 Å². The molecule has 0 aliphatic carbocycles. The Kier molecular flexibility index (Phi) is 9.08. The standard InChI is InChI=1S/C48H47N3/c1-29-22-32(4)44(33(5)23-29)39-12-10-38(11-13-39)28-51-48(43-20-16-41(17-21-43)46-36(8)26-31(3)27-37(46)9)49-47(50-51)42-18-14-40(15-19-42)45-34(6)24-30(2)25-35(45)7/h10-27H,28H2,1-9H3. The van der Waals surface area contributed by atoms with Crippen LogP contribution in [-0.4, -0.2) is 14.8 Å². The van der Waals surface area contributed by atoms with Crippen molar-refractivity contribution in [2.75, 3.05) is 0 Å². The van der Waals surface area contributed by atoms with E-state index in [0.717, 1.165) is 22.8 Å². The van der Waals surface area contributed by atoms with E-state index < -0.39 is 0 Å². The lowest BCUT2D eigenvalue weighted by molar-refractivity contribution is 0.695. The first-order valence-electron chi connectivity index (χ1n) is 17.9. The summed E-state index contributed by atoms with van der Waals surface area (Å²) in [6, 6.07) is 40.1. The molecular weight excluding hydrogens is 619 g/mol. The van der Waals surface area contributed by atoms with Crippen LogP contribution in [0.5, 0.6) is 0 Å². The summed E-state index contributed by atoms with van der Waals surface area (Å²) in [5, 5.41) is 5.14. The van der Waals surface area contributed by atoms with E-state index in [-0.39, 0.29) is 0 Å². The average Bonchev–Trinajstić information content (AvgIpc) is 3.48. The van der Waals surface area contributed by atoms with E-state index in [0.29, 0.717) is 6.54 Å². The Morgan fingerprint density at radius 1 is 0.392 bits per heavy atom. The molecule has 0 spiro atoms. The van der Waals surface area contributed by atoms with Crippen LogP contribution in [0.25, 0.3) is 56.2 Å². The van der Waals surface area contributed by atoms with E-state index in [1.54, 1.807) is 0 Å². The number of aryl methyl sites for hydroxylation is 9. The minimum atomic E-state index is 0.617. The Hall–Kier alpha value is -5.54. The van der Waals surface area contributed by atoms with Gasteiger partial charge < -0.3 is 0 Å². The molecule has 7 aromatic rings. The van der Waals surface area contributed by atoms with Crippen LogP contribution in [0, 0.1) is 62.3 Å². The van der Waals surface area contributed by atoms with E-state index in [1.807, 2.05) is 0 Å². The first kappa shape index (κ1) is 33.9. The van der Waals surface area contributed by atoms with Gasteiger partial charge in [-0.3, -0.25) is 0 Å². The molecule has 254 valence electrons. The highest BCUT2D eigenvalue weighted by Gasteiger charge is 2.17. The molecule has 7 rings (SSSR count). The minimum absolute atomic E-state index is 0.617. The molecule has 51 heavy (non-hydrogen) atoms. The van der Waals surface area contributed by atoms with Crippen LogP contribution in [0.4, 0.5) is 0 Å². The number of benzene rings is 6. The lowest BCUT2D eigenvalue weighted by Gasteiger charge is -2.13. The maximum absolute atomic E-state index is 5.19. The third-order valence-corrected chi connectivity index (χ3v) is 10.1. The van der Waals surface area contributed by atoms with Gasteiger partial charge in [-0.05, 0) is 135 Å². The van der Waals surface area contributed by atoms with Gasteiger partial charge in [0.25, 0.3) is 0 Å². The molecule has 0 radical (unpaired) electrons. The fraction of sp³-hybridized carbons (Fsp3) is 0.208. The van der Waals surface area contributed by atoms with E-state index >= 15 is 0 Å². The number of aromatic nitrogens is 3. The summed E-state index contributed by atoms with van der Waals surface area (Å²) in [4.78, 5) is 5.19. The molecule has 0 aliphatic heterocycles. The quantitative estimate of drug-likeness (QED) is 0.170. The van der Waals surface area contributed by atoms with Gasteiger partial charge in [0, 0.05) is 11.1 Å². The van der Waals surface area contributed by atoms with Crippen molar-refractivity contribution in [3.05, 3.63) is 165 Å². The monoisotopic (exact) mass is 665 g/mol. The van der Waals surface area contributed by atoms with Gasteiger partial charge in [-0.15, -0.1) is 0 Å². The minimum Gasteiger partial charge on any atom is -0.241 e. The van der Waals surface area contributed by atoms with Crippen molar-refractivity contribution in [3.8, 4) is 56.2 Å². The van der Waals surface area contributed by atoms with Crippen molar-refractivity contribution in [2.45, 2.75) is 68.9 Å². The Morgan fingerprint density at radius 2 is 0.706 bits per heavy atom. The predicted octanol–water partition coefficient (Wildman–Crippen LogP) is 12.4. The van der Waals surface area contributed by atoms with Crippen LogP contribution < -0.4 is 0 Å². The van der Waals surface area contributed by atoms with E-state index in [4.69, 9.17) is 10.1 Å². The molecule has 1 aromatic heterocycles. The third kappa shape index (κ3) is 6.81. The summed E-state index contributed by atoms with van der Waals surface area (Å²) in [6.45, 7) is 20.3. The van der Waals surface area contributed by atoms with Crippen molar-refractivity contribution in [1.82, 2.24) is 14.8 Å². The highest BCUT2D eigenvalue weighted by molar-refractivity contribution is 5.76. The van der Waals surface area contributed by atoms with Crippen LogP contribution in [0.2, 0.25) is 0 Å². The molecule has 0 fully saturated rings. The summed E-state index contributed by atoms with van der Waals surface area (Å²) >= 11 is 0. The van der Waals surface area contributed by atoms with Gasteiger partial charge in [-0.2, -0.15) is 5.10 Å². The van der Waals surface area contributed by atoms with Gasteiger partial charge in [0.2, 0.25) is 0 Å². The van der Waals surface area contributed by atoms with Crippen molar-refractivity contribution >= 4 is 0 Å². The topological polar surface area (TPSA) is 30.7 Å². The van der Waals surface area contributed by atoms with Crippen LogP contribution >= 0.6 is 0 Å². The number of rotatable bonds is 7. The highest BCUT2D eigenvalue weighted by atomic mass is 15.3. The van der Waals surface area contributed by atoms with Crippen molar-refractivity contribution in [2.24, 2.45) is 0 Å². The smallest absolute Gasteiger partial charge is 0.181 e. The van der Waals surface area contributed by atoms with Crippen molar-refractivity contribution in [3.63, 3.8) is 0 Å². The van der Waals surface area contributed by atoms with Crippen LogP contribution in [0.1, 0.15) is 55.6 Å². The highest BCUT2D eigenvalue weighted by Crippen LogP contribution is 2.34. The molecule has 1 heterocycles. The van der Waals surface area contributed by atoms with Gasteiger partial charge in [-0.25, -0.2) is 9.67 Å². The first-order chi connectivity index (χ1) is 24.4. The largest absolute Gasteiger partial charge is 0.241 e. The normalized spacial score (nSPS) is 11.3. The molecule has 0 saturated carbocycles. The zero-order valence-electron chi connectivity index (χ0n) is 31.4. The third-order valence-electron chi connectivity index (χ3n) is 10.1. The summed E-state index contributed by atoms with van der Waals surface area (Å²) in [6.07, 6.45) is 0. The van der Waals surface area contributed by atoms with E-state index in [9.17, 15) is 0 Å². The summed E-state index contributed by atoms with van der Waals surface area (Å²) in [5.74, 6) is 1.59. The van der Waals surface area contributed by atoms with E-state index in [2.05, 4.69) is 176 Å². The summed E-state index contributed by atoms with van der Waals surface area (Å²) < 4.78 is 2.06. The van der Waals surface area contributed by atoms with Gasteiger partial charge in [0.15, 0.2) is 11.6 Å². The van der Waals surface area contributed by atoms with Gasteiger partial charge in [0.05, 0.1) is 6.54 Å². The second-order valence-corrected chi connectivity index (χ2v) is 14.6. The second-order valence-electron chi connectivity index (χ2n) is 14.6. The average molecular weight is 666 g/mol. The number of hydrogen-bond acceptors (Lipinski definition) is 2. The Balaban J connectivity index is 1.26. The fourth-order valence-electron chi connectivity index (χ4n) is 8.22. The predicted molar refractivity (Wildman–Crippen MR) is 215 cm³/mol. The molecule has 6 aromatic carbocycles. The fourth-order valence-corrected chi connectivity index (χ4v) is 8.22. The van der Waals surface area contributed by atoms with Gasteiger partial charge in [0.1, 0.15) is 0 Å². The maximum Gasteiger partial charge on any atom is 0.181 e. The maximum atomic E-state index is 5.19. The molecule has 0 saturated heterocycles. The summed E-state index contributed by atoms with van der Waals surface area (Å²) in [5.41, 5.74) is 22.5. The molecule has 0 atom stereocenters. The molecule has 3 nitrogen and oxygen atoms in total. The number of nitrogens with zero attached hydrogens (tertiary/aromatic N) is 3. The SMILES string of the molecule is Cc1cc(C)c(-c2ccc(Cn3nc(-c4ccc(-c5c(C)cc(C)cc5C)cc4)nc3-c3ccc(-c4c(C)cc(C)cc4C)cc3)cc2)c(C)c1. The second kappa shape index (κ2) is 13.6. The van der Waals surface area contributed by atoms with E-state index in [1.165, 1.54) is 89.0 Å². The lowest BCUT2D eigenvalue weighted by Crippen LogP contribution is -2.04. The van der Waals surface area contributed by atoms with Crippen molar-refractivity contribution in [1.29, 1.82) is 0 Å². The first-order valence-corrected chi connectivity index (χ1v) is 17.9. The zero-order chi connectivity index (χ0) is 36.0. The molecule has 0 amide bonds. The summed E-state index contributed by atoms with van der Waals surface area (Å²) in [7, 11) is 0. The van der Waals surface area contributed by atoms with Crippen LogP contribution in [0.15, 0.2) is 109 Å². The Bertz CT molecular complexity index is 2320. The molecule has 0 bridgehead atoms. The van der Waals surface area contributed by atoms with Crippen LogP contribution in [-0.2, 0) is 6.54 Å². The molecule has 0 aliphatic rings. The number of hydrogen-bond donors (Lipinski definition) is 0. The van der Waals surface area contributed by atoms with Crippen LogP contribution in [0.3, 0.4) is 0 Å². The molecule has 0 N–H and O–H groups in total. The molecule has 3 heteroatoms. The Morgan fingerprint density at radius 3 is 1.08 bits per heavy atom. The van der Waals surface area contributed by atoms with Gasteiger partial charge in [-0.1, -0.05) is 126 Å². The molecule has 0 unspecified atom stereocenters. The van der Waals surface area contributed by atoms with Crippen molar-refractivity contribution < 1.29 is 0 Å². The lowest BCUT2D eigenvalue weighted by atomic mass is 9.93. The molecular formula is C48H47N3. The Labute approximate surface area is 303 Å².